The quantitative estimate of drug-likeness (QED) is 0.385. The number of rotatable bonds is 2. The van der Waals surface area contributed by atoms with Crippen LogP contribution >= 0.6 is 0 Å². The van der Waals surface area contributed by atoms with Gasteiger partial charge in [-0.3, -0.25) is 0 Å². The number of nitrogen functional groups attached to an aromatic ring is 1. The topological polar surface area (TPSA) is 29.9 Å². The molecule has 106 valence electrons. The molecule has 3 aromatic rings. The Bertz CT molecular complexity index is 777. The van der Waals surface area contributed by atoms with Gasteiger partial charge in [0.2, 0.25) is 11.2 Å². The molecule has 0 aliphatic carbocycles. The third-order valence-corrected chi connectivity index (χ3v) is 3.50. The van der Waals surface area contributed by atoms with Crippen molar-refractivity contribution in [3.63, 3.8) is 0 Å². The van der Waals surface area contributed by atoms with Crippen molar-refractivity contribution in [1.82, 2.24) is 0 Å². The van der Waals surface area contributed by atoms with Crippen molar-refractivity contribution in [2.75, 3.05) is 5.73 Å². The number of aryl methyl sites for hydroxylation is 1. The lowest BCUT2D eigenvalue weighted by atomic mass is 10.1. The Hall–Kier alpha value is -1.88. The van der Waals surface area contributed by atoms with Crippen molar-refractivity contribution >= 4 is 28.7 Å². The third kappa shape index (κ3) is 3.42. The van der Waals surface area contributed by atoms with Crippen LogP contribution in [0.25, 0.3) is 23.1 Å². The zero-order chi connectivity index (χ0) is 13.9. The SMILES string of the molecule is C[n+]1c(/C=C/c2ccc(N)cc2)ccc2ccccc21.[I-]. The van der Waals surface area contributed by atoms with Crippen LogP contribution in [-0.2, 0) is 7.05 Å². The summed E-state index contributed by atoms with van der Waals surface area (Å²) < 4.78 is 2.20. The van der Waals surface area contributed by atoms with Crippen LogP contribution in [0.3, 0.4) is 0 Å². The number of nitrogens with zero attached hydrogens (tertiary/aromatic N) is 1. The number of para-hydroxylation sites is 1. The first-order chi connectivity index (χ1) is 9.74. The number of pyridine rings is 1. The standard InChI is InChI=1S/C18H16N2.HI/c1-20-17(12-8-14-6-10-16(19)11-7-14)13-9-15-4-2-3-5-18(15)20;/h2-13,19H,1H3;1H. The van der Waals surface area contributed by atoms with Crippen LogP contribution in [-0.4, -0.2) is 0 Å². The molecule has 0 amide bonds. The summed E-state index contributed by atoms with van der Waals surface area (Å²) in [5, 5.41) is 1.25. The molecule has 3 heteroatoms. The van der Waals surface area contributed by atoms with Gasteiger partial charge in [-0.2, -0.15) is 4.57 Å². The minimum absolute atomic E-state index is 0. The highest BCUT2D eigenvalue weighted by Crippen LogP contribution is 2.12. The molecule has 0 unspecified atom stereocenters. The number of hydrogen-bond donors (Lipinski definition) is 1. The second kappa shape index (κ2) is 6.72. The van der Waals surface area contributed by atoms with E-state index in [4.69, 9.17) is 5.73 Å². The Labute approximate surface area is 141 Å². The maximum absolute atomic E-state index is 5.69. The van der Waals surface area contributed by atoms with Crippen LogP contribution < -0.4 is 34.3 Å². The van der Waals surface area contributed by atoms with Crippen LogP contribution in [0, 0.1) is 0 Å². The molecule has 2 aromatic carbocycles. The van der Waals surface area contributed by atoms with Crippen molar-refractivity contribution in [2.24, 2.45) is 7.05 Å². The number of fused-ring (bicyclic) bond motifs is 1. The van der Waals surface area contributed by atoms with E-state index >= 15 is 0 Å². The van der Waals surface area contributed by atoms with E-state index in [1.165, 1.54) is 16.6 Å². The van der Waals surface area contributed by atoms with Gasteiger partial charge in [0.1, 0.15) is 7.05 Å². The Balaban J connectivity index is 0.00000161. The molecule has 21 heavy (non-hydrogen) atoms. The molecule has 0 fully saturated rings. The maximum Gasteiger partial charge on any atom is 0.212 e. The van der Waals surface area contributed by atoms with E-state index < -0.39 is 0 Å². The molecule has 0 bridgehead atoms. The second-order valence-corrected chi connectivity index (χ2v) is 4.88. The molecule has 0 spiro atoms. The molecular formula is C18H17IN2. The number of nitrogens with two attached hydrogens (primary N) is 1. The Morgan fingerprint density at radius 3 is 2.33 bits per heavy atom. The zero-order valence-corrected chi connectivity index (χ0v) is 14.0. The van der Waals surface area contributed by atoms with Crippen LogP contribution in [0.2, 0.25) is 0 Å². The molecule has 0 saturated heterocycles. The summed E-state index contributed by atoms with van der Waals surface area (Å²) in [5.74, 6) is 0. The molecule has 0 radical (unpaired) electrons. The van der Waals surface area contributed by atoms with Gasteiger partial charge in [0.25, 0.3) is 0 Å². The highest BCUT2D eigenvalue weighted by atomic mass is 127. The van der Waals surface area contributed by atoms with E-state index in [1.54, 1.807) is 0 Å². The molecule has 0 aliphatic rings. The van der Waals surface area contributed by atoms with Crippen molar-refractivity contribution in [3.05, 3.63) is 71.9 Å². The van der Waals surface area contributed by atoms with Gasteiger partial charge in [-0.15, -0.1) is 0 Å². The van der Waals surface area contributed by atoms with E-state index in [1.807, 2.05) is 24.3 Å². The molecule has 2 N–H and O–H groups in total. The van der Waals surface area contributed by atoms with Gasteiger partial charge in [0.05, 0.1) is 0 Å². The summed E-state index contributed by atoms with van der Waals surface area (Å²) in [6.45, 7) is 0. The van der Waals surface area contributed by atoms with Gasteiger partial charge in [-0.05, 0) is 35.9 Å². The minimum Gasteiger partial charge on any atom is -1.00 e. The smallest absolute Gasteiger partial charge is 0.212 e. The molecule has 3 rings (SSSR count). The Morgan fingerprint density at radius 2 is 1.57 bits per heavy atom. The highest BCUT2D eigenvalue weighted by Gasteiger charge is 2.07. The highest BCUT2D eigenvalue weighted by molar-refractivity contribution is 5.77. The van der Waals surface area contributed by atoms with Crippen molar-refractivity contribution in [1.29, 1.82) is 0 Å². The number of anilines is 1. The number of benzene rings is 2. The van der Waals surface area contributed by atoms with Crippen LogP contribution in [0.1, 0.15) is 11.3 Å². The van der Waals surface area contributed by atoms with E-state index in [2.05, 4.69) is 60.2 Å². The average molecular weight is 388 g/mol. The van der Waals surface area contributed by atoms with Gasteiger partial charge in [0, 0.05) is 29.3 Å². The Morgan fingerprint density at radius 1 is 0.857 bits per heavy atom. The fraction of sp³-hybridized carbons (Fsp3) is 0.0556. The first-order valence-electron chi connectivity index (χ1n) is 6.65. The predicted octanol–water partition coefficient (Wildman–Crippen LogP) is 0.421. The van der Waals surface area contributed by atoms with Crippen LogP contribution in [0.4, 0.5) is 5.69 Å². The molecular weight excluding hydrogens is 371 g/mol. The largest absolute Gasteiger partial charge is 1.00 e. The van der Waals surface area contributed by atoms with Crippen molar-refractivity contribution < 1.29 is 28.5 Å². The number of hydrogen-bond acceptors (Lipinski definition) is 1. The summed E-state index contributed by atoms with van der Waals surface area (Å²) in [4.78, 5) is 0. The summed E-state index contributed by atoms with van der Waals surface area (Å²) in [7, 11) is 2.09. The number of halogens is 1. The van der Waals surface area contributed by atoms with Gasteiger partial charge in [-0.1, -0.05) is 24.3 Å². The van der Waals surface area contributed by atoms with Gasteiger partial charge >= 0.3 is 0 Å². The summed E-state index contributed by atoms with van der Waals surface area (Å²) in [6, 6.07) is 20.6. The van der Waals surface area contributed by atoms with E-state index in [0.717, 1.165) is 11.3 Å². The lowest BCUT2D eigenvalue weighted by Crippen LogP contribution is -3.00. The van der Waals surface area contributed by atoms with Gasteiger partial charge < -0.3 is 29.7 Å². The van der Waals surface area contributed by atoms with Crippen molar-refractivity contribution in [2.45, 2.75) is 0 Å². The monoisotopic (exact) mass is 388 g/mol. The maximum atomic E-state index is 5.69. The van der Waals surface area contributed by atoms with Crippen LogP contribution in [0.15, 0.2) is 60.7 Å². The second-order valence-electron chi connectivity index (χ2n) is 4.88. The normalized spacial score (nSPS) is 10.7. The van der Waals surface area contributed by atoms with Gasteiger partial charge in [-0.25, -0.2) is 0 Å². The van der Waals surface area contributed by atoms with Crippen molar-refractivity contribution in [3.8, 4) is 0 Å². The molecule has 1 heterocycles. The molecule has 0 aliphatic heterocycles. The molecule has 0 atom stereocenters. The lowest BCUT2D eigenvalue weighted by molar-refractivity contribution is -0.646. The lowest BCUT2D eigenvalue weighted by Gasteiger charge is -2.00. The van der Waals surface area contributed by atoms with E-state index in [-0.39, 0.29) is 24.0 Å². The Kier molecular flexibility index (Phi) is 4.96. The summed E-state index contributed by atoms with van der Waals surface area (Å²) >= 11 is 0. The minimum atomic E-state index is 0. The third-order valence-electron chi connectivity index (χ3n) is 3.50. The number of aromatic nitrogens is 1. The van der Waals surface area contributed by atoms with E-state index in [9.17, 15) is 0 Å². The zero-order valence-electron chi connectivity index (χ0n) is 11.8. The predicted molar refractivity (Wildman–Crippen MR) is 84.9 cm³/mol. The fourth-order valence-corrected chi connectivity index (χ4v) is 2.32. The summed E-state index contributed by atoms with van der Waals surface area (Å²) in [6.07, 6.45) is 4.22. The first kappa shape index (κ1) is 15.5. The average Bonchev–Trinajstić information content (AvgIpc) is 2.49. The molecule has 2 nitrogen and oxygen atoms in total. The van der Waals surface area contributed by atoms with E-state index in [0.29, 0.717) is 0 Å². The fourth-order valence-electron chi connectivity index (χ4n) is 2.32. The molecule has 0 saturated carbocycles. The van der Waals surface area contributed by atoms with Gasteiger partial charge in [0.15, 0.2) is 0 Å². The summed E-state index contributed by atoms with van der Waals surface area (Å²) in [5.41, 5.74) is 10.0. The first-order valence-corrected chi connectivity index (χ1v) is 6.65. The van der Waals surface area contributed by atoms with Crippen LogP contribution in [0.5, 0.6) is 0 Å². The molecule has 1 aromatic heterocycles.